The molecule has 1 aromatic carbocycles. The SMILES string of the molecule is COC1CCCN(S(=O)(=O)c2cc(F)c(Cl)c(CN)c2)C1. The van der Waals surface area contributed by atoms with E-state index in [-0.39, 0.29) is 34.7 Å². The zero-order valence-corrected chi connectivity index (χ0v) is 13.3. The quantitative estimate of drug-likeness (QED) is 0.909. The van der Waals surface area contributed by atoms with Crippen LogP contribution >= 0.6 is 11.6 Å². The van der Waals surface area contributed by atoms with Crippen LogP contribution in [0.15, 0.2) is 17.0 Å². The molecule has 0 bridgehead atoms. The van der Waals surface area contributed by atoms with Crippen molar-refractivity contribution in [2.24, 2.45) is 5.73 Å². The Morgan fingerprint density at radius 2 is 2.24 bits per heavy atom. The summed E-state index contributed by atoms with van der Waals surface area (Å²) in [5.74, 6) is -0.779. The highest BCUT2D eigenvalue weighted by molar-refractivity contribution is 7.89. The maximum atomic E-state index is 13.8. The lowest BCUT2D eigenvalue weighted by Crippen LogP contribution is -2.42. The third kappa shape index (κ3) is 3.37. The molecule has 21 heavy (non-hydrogen) atoms. The van der Waals surface area contributed by atoms with Crippen LogP contribution in [0.4, 0.5) is 4.39 Å². The van der Waals surface area contributed by atoms with Gasteiger partial charge in [-0.2, -0.15) is 4.31 Å². The van der Waals surface area contributed by atoms with Gasteiger partial charge in [0.15, 0.2) is 0 Å². The average molecular weight is 337 g/mol. The summed E-state index contributed by atoms with van der Waals surface area (Å²) in [6.07, 6.45) is 1.38. The molecule has 0 spiro atoms. The van der Waals surface area contributed by atoms with Gasteiger partial charge in [-0.1, -0.05) is 11.6 Å². The van der Waals surface area contributed by atoms with Gasteiger partial charge in [0.2, 0.25) is 10.0 Å². The van der Waals surface area contributed by atoms with E-state index in [2.05, 4.69) is 0 Å². The van der Waals surface area contributed by atoms with Gasteiger partial charge in [-0.25, -0.2) is 12.8 Å². The molecule has 5 nitrogen and oxygen atoms in total. The Bertz CT molecular complexity index is 624. The fourth-order valence-electron chi connectivity index (χ4n) is 2.38. The molecule has 1 unspecified atom stereocenters. The summed E-state index contributed by atoms with van der Waals surface area (Å²) in [6.45, 7) is 0.630. The van der Waals surface area contributed by atoms with E-state index in [4.69, 9.17) is 22.1 Å². The van der Waals surface area contributed by atoms with Gasteiger partial charge in [-0.3, -0.25) is 0 Å². The van der Waals surface area contributed by atoms with Crippen molar-refractivity contribution < 1.29 is 17.5 Å². The van der Waals surface area contributed by atoms with Gasteiger partial charge in [-0.15, -0.1) is 0 Å². The molecule has 0 saturated carbocycles. The Morgan fingerprint density at radius 1 is 1.52 bits per heavy atom. The van der Waals surface area contributed by atoms with Crippen molar-refractivity contribution in [3.63, 3.8) is 0 Å². The molecule has 1 aromatic rings. The Balaban J connectivity index is 2.37. The number of benzene rings is 1. The van der Waals surface area contributed by atoms with Crippen LogP contribution in [0, 0.1) is 5.82 Å². The maximum Gasteiger partial charge on any atom is 0.243 e. The molecule has 1 aliphatic rings. The smallest absolute Gasteiger partial charge is 0.243 e. The molecule has 0 radical (unpaired) electrons. The first kappa shape index (κ1) is 16.6. The Kier molecular flexibility index (Phi) is 5.21. The van der Waals surface area contributed by atoms with Crippen LogP contribution in [-0.2, 0) is 21.3 Å². The highest BCUT2D eigenvalue weighted by atomic mass is 35.5. The zero-order chi connectivity index (χ0) is 15.6. The van der Waals surface area contributed by atoms with Crippen LogP contribution in [0.2, 0.25) is 5.02 Å². The predicted molar refractivity (Wildman–Crippen MR) is 78.1 cm³/mol. The largest absolute Gasteiger partial charge is 0.380 e. The molecule has 1 atom stereocenters. The van der Waals surface area contributed by atoms with Crippen molar-refractivity contribution in [2.75, 3.05) is 20.2 Å². The van der Waals surface area contributed by atoms with Crippen LogP contribution in [0.5, 0.6) is 0 Å². The van der Waals surface area contributed by atoms with E-state index in [0.29, 0.717) is 13.0 Å². The fourth-order valence-corrected chi connectivity index (χ4v) is 4.14. The molecule has 2 rings (SSSR count). The lowest BCUT2D eigenvalue weighted by atomic mass is 10.1. The first-order valence-electron chi connectivity index (χ1n) is 6.61. The zero-order valence-electron chi connectivity index (χ0n) is 11.7. The van der Waals surface area contributed by atoms with E-state index in [0.717, 1.165) is 12.5 Å². The number of nitrogens with two attached hydrogens (primary N) is 1. The molecule has 1 heterocycles. The van der Waals surface area contributed by atoms with Gasteiger partial charge in [0, 0.05) is 26.7 Å². The lowest BCUT2D eigenvalue weighted by Gasteiger charge is -2.31. The highest BCUT2D eigenvalue weighted by Crippen LogP contribution is 2.27. The normalized spacial score (nSPS) is 20.7. The molecule has 1 aliphatic heterocycles. The topological polar surface area (TPSA) is 72.6 Å². The number of piperidine rings is 1. The Labute approximate surface area is 128 Å². The summed E-state index contributed by atoms with van der Waals surface area (Å²) in [5, 5.41) is -0.134. The molecule has 0 amide bonds. The summed E-state index contributed by atoms with van der Waals surface area (Å²) in [6, 6.07) is 2.27. The van der Waals surface area contributed by atoms with Crippen LogP contribution in [0.25, 0.3) is 0 Å². The van der Waals surface area contributed by atoms with Gasteiger partial charge in [0.25, 0.3) is 0 Å². The molecule has 8 heteroatoms. The third-order valence-electron chi connectivity index (χ3n) is 3.61. The highest BCUT2D eigenvalue weighted by Gasteiger charge is 2.31. The number of rotatable bonds is 4. The Morgan fingerprint density at radius 3 is 2.86 bits per heavy atom. The van der Waals surface area contributed by atoms with Gasteiger partial charge >= 0.3 is 0 Å². The monoisotopic (exact) mass is 336 g/mol. The van der Waals surface area contributed by atoms with Crippen molar-refractivity contribution in [2.45, 2.75) is 30.4 Å². The maximum absolute atomic E-state index is 13.8. The van der Waals surface area contributed by atoms with Gasteiger partial charge in [-0.05, 0) is 30.5 Å². The molecule has 1 fully saturated rings. The van der Waals surface area contributed by atoms with Gasteiger partial charge in [0.05, 0.1) is 16.0 Å². The molecule has 118 valence electrons. The van der Waals surface area contributed by atoms with E-state index in [1.54, 1.807) is 7.11 Å². The Hall–Kier alpha value is -0.730. The predicted octanol–water partition coefficient (Wildman–Crippen LogP) is 1.74. The lowest BCUT2D eigenvalue weighted by molar-refractivity contribution is 0.0572. The summed E-state index contributed by atoms with van der Waals surface area (Å²) in [5.41, 5.74) is 5.75. The number of halogens is 2. The minimum atomic E-state index is -3.78. The van der Waals surface area contributed by atoms with Crippen molar-refractivity contribution in [1.82, 2.24) is 4.31 Å². The summed E-state index contributed by atoms with van der Waals surface area (Å²) in [4.78, 5) is -0.124. The van der Waals surface area contributed by atoms with Crippen molar-refractivity contribution >= 4 is 21.6 Å². The third-order valence-corrected chi connectivity index (χ3v) is 5.88. The van der Waals surface area contributed by atoms with Gasteiger partial charge < -0.3 is 10.5 Å². The van der Waals surface area contributed by atoms with E-state index in [9.17, 15) is 12.8 Å². The molecular weight excluding hydrogens is 319 g/mol. The van der Waals surface area contributed by atoms with Crippen LogP contribution in [0.3, 0.4) is 0 Å². The number of methoxy groups -OCH3 is 1. The second kappa shape index (κ2) is 6.58. The first-order valence-corrected chi connectivity index (χ1v) is 8.43. The molecule has 2 N–H and O–H groups in total. The fraction of sp³-hybridized carbons (Fsp3) is 0.538. The minimum absolute atomic E-state index is 0.0280. The minimum Gasteiger partial charge on any atom is -0.380 e. The average Bonchev–Trinajstić information content (AvgIpc) is 2.49. The number of hydrogen-bond donors (Lipinski definition) is 1. The number of sulfonamides is 1. The van der Waals surface area contributed by atoms with Crippen molar-refractivity contribution in [3.8, 4) is 0 Å². The van der Waals surface area contributed by atoms with E-state index in [1.807, 2.05) is 0 Å². The van der Waals surface area contributed by atoms with Crippen molar-refractivity contribution in [3.05, 3.63) is 28.5 Å². The van der Waals surface area contributed by atoms with Gasteiger partial charge in [0.1, 0.15) is 5.82 Å². The van der Waals surface area contributed by atoms with Crippen molar-refractivity contribution in [1.29, 1.82) is 0 Å². The second-order valence-electron chi connectivity index (χ2n) is 4.95. The van der Waals surface area contributed by atoms with E-state index < -0.39 is 15.8 Å². The van der Waals surface area contributed by atoms with E-state index in [1.165, 1.54) is 10.4 Å². The molecule has 1 saturated heterocycles. The summed E-state index contributed by atoms with van der Waals surface area (Å²) in [7, 11) is -2.23. The second-order valence-corrected chi connectivity index (χ2v) is 7.26. The van der Waals surface area contributed by atoms with Crippen LogP contribution in [0.1, 0.15) is 18.4 Å². The first-order chi connectivity index (χ1) is 9.90. The molecule has 0 aliphatic carbocycles. The number of nitrogens with zero attached hydrogens (tertiary/aromatic N) is 1. The summed E-state index contributed by atoms with van der Waals surface area (Å²) >= 11 is 5.76. The van der Waals surface area contributed by atoms with Crippen LogP contribution in [-0.4, -0.2) is 39.0 Å². The standard InChI is InChI=1S/C13H18ClFN2O3S/c1-20-10-3-2-4-17(8-10)21(18,19)11-5-9(7-16)13(14)12(15)6-11/h5-6,10H,2-4,7-8,16H2,1H3. The number of hydrogen-bond acceptors (Lipinski definition) is 4. The molecule has 0 aromatic heterocycles. The molecular formula is C13H18ClFN2O3S. The van der Waals surface area contributed by atoms with Crippen LogP contribution < -0.4 is 5.73 Å². The van der Waals surface area contributed by atoms with E-state index >= 15 is 0 Å². The summed E-state index contributed by atoms with van der Waals surface area (Å²) < 4.78 is 45.5. The number of ether oxygens (including phenoxy) is 1.